The van der Waals surface area contributed by atoms with Crippen LogP contribution in [0.4, 0.5) is 0 Å². The van der Waals surface area contributed by atoms with Crippen LogP contribution in [0.5, 0.6) is 0 Å². The lowest BCUT2D eigenvalue weighted by Crippen LogP contribution is -2.29. The summed E-state index contributed by atoms with van der Waals surface area (Å²) in [6, 6.07) is 0. The van der Waals surface area contributed by atoms with E-state index < -0.39 is 37.2 Å². The molecule has 0 aromatic heterocycles. The molecule has 0 radical (unpaired) electrons. The van der Waals surface area contributed by atoms with Gasteiger partial charge in [-0.3, -0.25) is 4.79 Å². The van der Waals surface area contributed by atoms with Gasteiger partial charge in [-0.2, -0.15) is 0 Å². The summed E-state index contributed by atoms with van der Waals surface area (Å²) in [5.74, 6) is -2.86. The lowest BCUT2D eigenvalue weighted by atomic mass is 9.88. The second-order valence-electron chi connectivity index (χ2n) is 2.82. The Kier molecular flexibility index (Phi) is 1.25. The van der Waals surface area contributed by atoms with E-state index in [1.165, 1.54) is 4.90 Å². The fourth-order valence-corrected chi connectivity index (χ4v) is 0.919. The van der Waals surface area contributed by atoms with Crippen molar-refractivity contribution in [1.82, 2.24) is 4.90 Å². The zero-order chi connectivity index (χ0) is 13.6. The number of hydrogen-bond acceptors (Lipinski definition) is 2. The van der Waals surface area contributed by atoms with E-state index in [1.54, 1.807) is 14.1 Å². The van der Waals surface area contributed by atoms with E-state index in [0.717, 1.165) is 0 Å². The van der Waals surface area contributed by atoms with Crippen molar-refractivity contribution >= 4 is 5.78 Å². The Morgan fingerprint density at radius 2 is 2.55 bits per heavy atom. The highest BCUT2D eigenvalue weighted by Gasteiger charge is 2.21. The quantitative estimate of drug-likeness (QED) is 0.608. The SMILES string of the molecule is [2H]C1CC(=O)C([2H])(CN(C)C)C([2H])([2H])C1([2H])[2H]. The van der Waals surface area contributed by atoms with Gasteiger partial charge in [0.1, 0.15) is 5.78 Å². The van der Waals surface area contributed by atoms with E-state index in [-0.39, 0.29) is 6.54 Å². The Morgan fingerprint density at radius 3 is 3.18 bits per heavy atom. The summed E-state index contributed by atoms with van der Waals surface area (Å²) in [5, 5.41) is 0. The third-order valence-electron chi connectivity index (χ3n) is 1.42. The fourth-order valence-electron chi connectivity index (χ4n) is 0.919. The molecule has 0 spiro atoms. The van der Waals surface area contributed by atoms with Gasteiger partial charge in [-0.05, 0) is 26.9 Å². The molecule has 1 rings (SSSR count). The van der Waals surface area contributed by atoms with Crippen LogP contribution in [0.15, 0.2) is 0 Å². The van der Waals surface area contributed by atoms with Crippen LogP contribution in [0.25, 0.3) is 0 Å². The van der Waals surface area contributed by atoms with Crippen LogP contribution >= 0.6 is 0 Å². The largest absolute Gasteiger partial charge is 0.309 e. The molecule has 1 saturated carbocycles. The standard InChI is InChI=1S/C9H17NO/c1-10(2)7-8-5-3-4-6-9(8)11/h8H,3-7H2,1-2H3/i3D2,4D,5D2,8D. The number of carbonyl (C=O) groups excluding carboxylic acids is 1. The number of rotatable bonds is 2. The van der Waals surface area contributed by atoms with Crippen LogP contribution in [-0.4, -0.2) is 31.3 Å². The van der Waals surface area contributed by atoms with Gasteiger partial charge >= 0.3 is 0 Å². The number of Topliss-reactive ketones (excluding diaryl/α,β-unsaturated/α-hetero) is 1. The van der Waals surface area contributed by atoms with Gasteiger partial charge < -0.3 is 4.90 Å². The van der Waals surface area contributed by atoms with Gasteiger partial charge in [0.2, 0.25) is 0 Å². The van der Waals surface area contributed by atoms with Crippen molar-refractivity contribution in [2.24, 2.45) is 5.89 Å². The molecule has 1 aliphatic rings. The van der Waals surface area contributed by atoms with Crippen molar-refractivity contribution in [3.8, 4) is 0 Å². The first-order valence-corrected chi connectivity index (χ1v) is 3.57. The Bertz CT molecular complexity index is 331. The van der Waals surface area contributed by atoms with Crippen molar-refractivity contribution in [2.75, 3.05) is 20.6 Å². The van der Waals surface area contributed by atoms with Crippen molar-refractivity contribution < 1.29 is 13.0 Å². The average Bonchev–Trinajstić information content (AvgIpc) is 2.13. The van der Waals surface area contributed by atoms with E-state index in [1.807, 2.05) is 0 Å². The zero-order valence-electron chi connectivity index (χ0n) is 12.8. The summed E-state index contributed by atoms with van der Waals surface area (Å²) in [6.45, 7) is -0.189. The van der Waals surface area contributed by atoms with E-state index >= 15 is 0 Å². The third-order valence-corrected chi connectivity index (χ3v) is 1.42. The molecule has 2 nitrogen and oxygen atoms in total. The molecule has 0 saturated heterocycles. The highest BCUT2D eigenvalue weighted by molar-refractivity contribution is 5.81. The lowest BCUT2D eigenvalue weighted by Gasteiger charge is -2.23. The number of nitrogens with zero attached hydrogens (tertiary/aromatic N) is 1. The molecule has 1 aliphatic carbocycles. The third kappa shape index (κ3) is 2.62. The van der Waals surface area contributed by atoms with E-state index in [9.17, 15) is 4.79 Å². The predicted octanol–water partition coefficient (Wildman–Crippen LogP) is 1.31. The minimum atomic E-state index is -2.67. The topological polar surface area (TPSA) is 20.3 Å². The van der Waals surface area contributed by atoms with E-state index in [2.05, 4.69) is 0 Å². The minimum absolute atomic E-state index is 0.189. The molecule has 64 valence electrons. The molecule has 0 aliphatic heterocycles. The van der Waals surface area contributed by atoms with Gasteiger partial charge in [0.15, 0.2) is 0 Å². The van der Waals surface area contributed by atoms with Crippen LogP contribution in [0, 0.1) is 5.89 Å². The maximum absolute atomic E-state index is 11.8. The molecule has 0 N–H and O–H groups in total. The Hall–Kier alpha value is -0.370. The first-order chi connectivity index (χ1) is 7.47. The summed E-state index contributed by atoms with van der Waals surface area (Å²) in [4.78, 5) is 13.3. The number of ketones is 1. The second kappa shape index (κ2) is 3.86. The summed E-state index contributed by atoms with van der Waals surface area (Å²) in [6.07, 6.45) is -7.04. The normalized spacial score (nSPS) is 56.6. The molecular weight excluding hydrogens is 138 g/mol. The molecule has 0 amide bonds. The maximum atomic E-state index is 11.8. The molecule has 0 bridgehead atoms. The molecule has 0 aromatic carbocycles. The highest BCUT2D eigenvalue weighted by Crippen LogP contribution is 2.20. The van der Waals surface area contributed by atoms with Gasteiger partial charge in [-0.15, -0.1) is 0 Å². The molecule has 0 aromatic rings. The summed E-state index contributed by atoms with van der Waals surface area (Å²) in [7, 11) is 3.20. The highest BCUT2D eigenvalue weighted by atomic mass is 16.1. The fraction of sp³-hybridized carbons (Fsp3) is 0.889. The van der Waals surface area contributed by atoms with Crippen molar-refractivity contribution in [2.45, 2.75) is 25.6 Å². The first-order valence-electron chi connectivity index (χ1n) is 6.65. The van der Waals surface area contributed by atoms with E-state index in [4.69, 9.17) is 8.22 Å². The lowest BCUT2D eigenvalue weighted by molar-refractivity contribution is -0.125. The van der Waals surface area contributed by atoms with E-state index in [0.29, 0.717) is 0 Å². The van der Waals surface area contributed by atoms with Crippen LogP contribution in [0.2, 0.25) is 0 Å². The molecule has 2 unspecified atom stereocenters. The van der Waals surface area contributed by atoms with Gasteiger partial charge in [0.05, 0.1) is 0 Å². The molecular formula is C9H17NO. The smallest absolute Gasteiger partial charge is 0.137 e. The summed E-state index contributed by atoms with van der Waals surface area (Å²) < 4.78 is 46.3. The molecule has 11 heavy (non-hydrogen) atoms. The Morgan fingerprint density at radius 1 is 1.82 bits per heavy atom. The van der Waals surface area contributed by atoms with Gasteiger partial charge in [0, 0.05) is 27.1 Å². The second-order valence-corrected chi connectivity index (χ2v) is 2.82. The average molecular weight is 161 g/mol. The number of carbonyl (C=O) groups is 1. The van der Waals surface area contributed by atoms with Crippen LogP contribution in [0.1, 0.15) is 33.8 Å². The molecule has 2 atom stereocenters. The Labute approximate surface area is 77.0 Å². The van der Waals surface area contributed by atoms with Crippen molar-refractivity contribution in [1.29, 1.82) is 0 Å². The van der Waals surface area contributed by atoms with Crippen molar-refractivity contribution in [3.63, 3.8) is 0 Å². The molecule has 0 heterocycles. The molecule has 2 heteroatoms. The van der Waals surface area contributed by atoms with Gasteiger partial charge in [-0.25, -0.2) is 0 Å². The maximum Gasteiger partial charge on any atom is 0.137 e. The predicted molar refractivity (Wildman–Crippen MR) is 45.5 cm³/mol. The monoisotopic (exact) mass is 161 g/mol. The van der Waals surface area contributed by atoms with Crippen LogP contribution in [0.3, 0.4) is 0 Å². The zero-order valence-corrected chi connectivity index (χ0v) is 6.85. The summed E-state index contributed by atoms with van der Waals surface area (Å²) in [5.41, 5.74) is 0. The van der Waals surface area contributed by atoms with Gasteiger partial charge in [0.25, 0.3) is 0 Å². The van der Waals surface area contributed by atoms with Crippen LogP contribution in [-0.2, 0) is 4.79 Å². The Balaban J connectivity index is 3.24. The minimum Gasteiger partial charge on any atom is -0.309 e. The summed E-state index contributed by atoms with van der Waals surface area (Å²) >= 11 is 0. The van der Waals surface area contributed by atoms with Crippen molar-refractivity contribution in [3.05, 3.63) is 0 Å². The first kappa shape index (κ1) is 3.56. The molecule has 1 fully saturated rings. The van der Waals surface area contributed by atoms with Gasteiger partial charge in [-0.1, -0.05) is 6.37 Å². The van der Waals surface area contributed by atoms with Crippen LogP contribution < -0.4 is 0 Å². The number of hydrogen-bond donors (Lipinski definition) is 0.